The summed E-state index contributed by atoms with van der Waals surface area (Å²) in [6.45, 7) is 2.07. The lowest BCUT2D eigenvalue weighted by atomic mass is 10.1. The summed E-state index contributed by atoms with van der Waals surface area (Å²) in [5, 5.41) is 4.53. The zero-order valence-electron chi connectivity index (χ0n) is 11.5. The minimum absolute atomic E-state index is 0.170. The van der Waals surface area contributed by atoms with E-state index < -0.39 is 6.04 Å². The Labute approximate surface area is 123 Å². The third-order valence-corrected chi connectivity index (χ3v) is 3.43. The van der Waals surface area contributed by atoms with E-state index in [2.05, 4.69) is 17.1 Å². The Bertz CT molecular complexity index is 559. The maximum absolute atomic E-state index is 6.12. The van der Waals surface area contributed by atoms with Crippen molar-refractivity contribution in [3.63, 3.8) is 0 Å². The van der Waals surface area contributed by atoms with E-state index in [4.69, 9.17) is 26.6 Å². The summed E-state index contributed by atoms with van der Waals surface area (Å²) >= 11 is 6.12. The second-order valence-corrected chi connectivity index (χ2v) is 4.91. The number of methoxy groups -OCH3 is 1. The van der Waals surface area contributed by atoms with Crippen LogP contribution in [-0.2, 0) is 4.74 Å². The molecule has 0 amide bonds. The molecular formula is C14H18ClN3O2. The predicted octanol–water partition coefficient (Wildman–Crippen LogP) is 3.26. The number of hydrogen-bond donors (Lipinski definition) is 1. The molecule has 0 aliphatic carbocycles. The monoisotopic (exact) mass is 295 g/mol. The highest BCUT2D eigenvalue weighted by molar-refractivity contribution is 6.31. The number of ether oxygens (including phenoxy) is 1. The van der Waals surface area contributed by atoms with Gasteiger partial charge in [0.05, 0.1) is 0 Å². The molecule has 2 N–H and O–H groups in total. The van der Waals surface area contributed by atoms with E-state index in [1.807, 2.05) is 18.2 Å². The zero-order valence-corrected chi connectivity index (χ0v) is 12.3. The largest absolute Gasteiger partial charge is 0.373 e. The van der Waals surface area contributed by atoms with Crippen molar-refractivity contribution < 1.29 is 9.26 Å². The highest BCUT2D eigenvalue weighted by Gasteiger charge is 2.22. The zero-order chi connectivity index (χ0) is 14.5. The smallest absolute Gasteiger partial charge is 0.248 e. The second kappa shape index (κ2) is 6.83. The molecule has 20 heavy (non-hydrogen) atoms. The second-order valence-electron chi connectivity index (χ2n) is 4.50. The first kappa shape index (κ1) is 15.0. The molecule has 5 nitrogen and oxygen atoms in total. The van der Waals surface area contributed by atoms with Crippen LogP contribution in [0.1, 0.15) is 49.2 Å². The van der Waals surface area contributed by atoms with Crippen molar-refractivity contribution in [3.05, 3.63) is 46.6 Å². The van der Waals surface area contributed by atoms with Crippen LogP contribution in [0.2, 0.25) is 5.02 Å². The fourth-order valence-corrected chi connectivity index (χ4v) is 2.23. The van der Waals surface area contributed by atoms with Crippen molar-refractivity contribution in [2.75, 3.05) is 7.11 Å². The average molecular weight is 296 g/mol. The van der Waals surface area contributed by atoms with Crippen molar-refractivity contribution in [1.29, 1.82) is 0 Å². The Kier molecular flexibility index (Phi) is 5.11. The quantitative estimate of drug-likeness (QED) is 0.885. The minimum Gasteiger partial charge on any atom is -0.373 e. The molecule has 6 heteroatoms. The molecule has 1 aromatic heterocycles. The van der Waals surface area contributed by atoms with Crippen molar-refractivity contribution in [3.8, 4) is 0 Å². The van der Waals surface area contributed by atoms with E-state index in [0.717, 1.165) is 18.4 Å². The van der Waals surface area contributed by atoms with E-state index in [9.17, 15) is 0 Å². The van der Waals surface area contributed by atoms with Gasteiger partial charge < -0.3 is 15.0 Å². The van der Waals surface area contributed by atoms with Gasteiger partial charge >= 0.3 is 0 Å². The van der Waals surface area contributed by atoms with E-state index in [0.29, 0.717) is 16.7 Å². The van der Waals surface area contributed by atoms with Gasteiger partial charge in [0.2, 0.25) is 11.7 Å². The normalized spacial score (nSPS) is 14.2. The molecule has 0 bridgehead atoms. The van der Waals surface area contributed by atoms with Crippen molar-refractivity contribution >= 4 is 11.6 Å². The van der Waals surface area contributed by atoms with Crippen molar-refractivity contribution in [2.45, 2.75) is 31.9 Å². The molecule has 1 aromatic carbocycles. The standard InChI is InChI=1S/C14H18ClN3O2/c1-3-6-11(19-2)13-17-14(20-18-13)12(16)9-7-4-5-8-10(9)15/h4-5,7-8,11-12H,3,6,16H2,1-2H3/t11?,12-/m1/s1. The van der Waals surface area contributed by atoms with Crippen LogP contribution in [0.3, 0.4) is 0 Å². The van der Waals surface area contributed by atoms with Gasteiger partial charge in [0.15, 0.2) is 0 Å². The molecule has 2 aromatic rings. The Balaban J connectivity index is 2.22. The number of benzene rings is 1. The number of rotatable bonds is 6. The molecule has 1 unspecified atom stereocenters. The maximum Gasteiger partial charge on any atom is 0.248 e. The van der Waals surface area contributed by atoms with Crippen LogP contribution in [-0.4, -0.2) is 17.3 Å². The van der Waals surface area contributed by atoms with Crippen LogP contribution in [0.15, 0.2) is 28.8 Å². The van der Waals surface area contributed by atoms with Crippen LogP contribution in [0.25, 0.3) is 0 Å². The number of nitrogens with zero attached hydrogens (tertiary/aromatic N) is 2. The Morgan fingerprint density at radius 3 is 2.80 bits per heavy atom. The molecule has 108 valence electrons. The highest BCUT2D eigenvalue weighted by atomic mass is 35.5. The fraction of sp³-hybridized carbons (Fsp3) is 0.429. The number of nitrogens with two attached hydrogens (primary N) is 1. The van der Waals surface area contributed by atoms with Gasteiger partial charge in [-0.2, -0.15) is 4.98 Å². The lowest BCUT2D eigenvalue weighted by Gasteiger charge is -2.10. The van der Waals surface area contributed by atoms with Crippen LogP contribution >= 0.6 is 11.6 Å². The molecule has 1 heterocycles. The van der Waals surface area contributed by atoms with Gasteiger partial charge in [0, 0.05) is 12.1 Å². The van der Waals surface area contributed by atoms with Gasteiger partial charge in [0.25, 0.3) is 0 Å². The molecule has 0 saturated carbocycles. The average Bonchev–Trinajstić information content (AvgIpc) is 2.94. The van der Waals surface area contributed by atoms with E-state index in [1.54, 1.807) is 13.2 Å². The summed E-state index contributed by atoms with van der Waals surface area (Å²) in [4.78, 5) is 4.33. The van der Waals surface area contributed by atoms with Gasteiger partial charge in [-0.15, -0.1) is 0 Å². The highest BCUT2D eigenvalue weighted by Crippen LogP contribution is 2.27. The Morgan fingerprint density at radius 2 is 2.15 bits per heavy atom. The van der Waals surface area contributed by atoms with Crippen LogP contribution in [0.4, 0.5) is 0 Å². The third-order valence-electron chi connectivity index (χ3n) is 3.09. The summed E-state index contributed by atoms with van der Waals surface area (Å²) in [5.41, 5.74) is 6.88. The molecule has 0 saturated heterocycles. The van der Waals surface area contributed by atoms with Gasteiger partial charge in [-0.1, -0.05) is 48.3 Å². The minimum atomic E-state index is -0.538. The summed E-state index contributed by atoms with van der Waals surface area (Å²) in [6, 6.07) is 6.80. The van der Waals surface area contributed by atoms with Crippen LogP contribution in [0.5, 0.6) is 0 Å². The SMILES string of the molecule is CCCC(OC)c1noc([C@H](N)c2ccccc2Cl)n1. The molecule has 0 spiro atoms. The molecule has 2 rings (SSSR count). The van der Waals surface area contributed by atoms with E-state index in [-0.39, 0.29) is 6.10 Å². The summed E-state index contributed by atoms with van der Waals surface area (Å²) in [7, 11) is 1.63. The fourth-order valence-electron chi connectivity index (χ4n) is 1.98. The predicted molar refractivity (Wildman–Crippen MR) is 76.4 cm³/mol. The van der Waals surface area contributed by atoms with Gasteiger partial charge in [-0.25, -0.2) is 0 Å². The van der Waals surface area contributed by atoms with Crippen molar-refractivity contribution in [2.24, 2.45) is 5.73 Å². The first-order chi connectivity index (χ1) is 9.67. The number of hydrogen-bond acceptors (Lipinski definition) is 5. The maximum atomic E-state index is 6.12. The van der Waals surface area contributed by atoms with Gasteiger partial charge in [-0.05, 0) is 18.1 Å². The van der Waals surface area contributed by atoms with Crippen LogP contribution < -0.4 is 5.73 Å². The molecule has 0 radical (unpaired) electrons. The first-order valence-electron chi connectivity index (χ1n) is 6.53. The van der Waals surface area contributed by atoms with E-state index in [1.165, 1.54) is 0 Å². The molecule has 0 aliphatic heterocycles. The van der Waals surface area contributed by atoms with Gasteiger partial charge in [0.1, 0.15) is 12.1 Å². The first-order valence-corrected chi connectivity index (χ1v) is 6.91. The summed E-state index contributed by atoms with van der Waals surface area (Å²) < 4.78 is 10.6. The van der Waals surface area contributed by atoms with Crippen molar-refractivity contribution in [1.82, 2.24) is 10.1 Å². The van der Waals surface area contributed by atoms with Crippen LogP contribution in [0, 0.1) is 0 Å². The Hall–Kier alpha value is -1.43. The Morgan fingerprint density at radius 1 is 1.40 bits per heavy atom. The molecule has 0 aliphatic rings. The summed E-state index contributed by atoms with van der Waals surface area (Å²) in [5.74, 6) is 0.859. The van der Waals surface area contributed by atoms with E-state index >= 15 is 0 Å². The lowest BCUT2D eigenvalue weighted by Crippen LogP contribution is -2.13. The number of halogens is 1. The third kappa shape index (κ3) is 3.17. The number of aromatic nitrogens is 2. The molecular weight excluding hydrogens is 278 g/mol. The van der Waals surface area contributed by atoms with Gasteiger partial charge in [-0.3, -0.25) is 0 Å². The molecule has 0 fully saturated rings. The molecule has 2 atom stereocenters. The lowest BCUT2D eigenvalue weighted by molar-refractivity contribution is 0.0854. The summed E-state index contributed by atoms with van der Waals surface area (Å²) in [6.07, 6.45) is 1.63. The topological polar surface area (TPSA) is 74.2 Å².